The van der Waals surface area contributed by atoms with Gasteiger partial charge in [-0.2, -0.15) is 0 Å². The topological polar surface area (TPSA) is 222 Å². The second kappa shape index (κ2) is 9.50. The van der Waals surface area contributed by atoms with Crippen LogP contribution in [0.15, 0.2) is 46.0 Å². The van der Waals surface area contributed by atoms with Crippen LogP contribution in [0.3, 0.4) is 0 Å². The van der Waals surface area contributed by atoms with Gasteiger partial charge in [-0.15, -0.1) is 17.0 Å². The van der Waals surface area contributed by atoms with E-state index in [1.165, 1.54) is 12.1 Å². The van der Waals surface area contributed by atoms with Gasteiger partial charge in [0.05, 0.1) is 20.9 Å². The minimum absolute atomic E-state index is 0. The van der Waals surface area contributed by atoms with E-state index in [1.807, 2.05) is 0 Å². The molecule has 2 aromatic carbocycles. The highest BCUT2D eigenvalue weighted by Gasteiger charge is 2.31. The summed E-state index contributed by atoms with van der Waals surface area (Å²) in [7, 11) is -4.89. The van der Waals surface area contributed by atoms with Crippen molar-refractivity contribution in [3.63, 3.8) is 0 Å². The molecule has 0 saturated heterocycles. The highest BCUT2D eigenvalue weighted by molar-refractivity contribution is 8.93. The van der Waals surface area contributed by atoms with Gasteiger partial charge < -0.3 is 19.8 Å². The maximum Gasteiger partial charge on any atom is 0.346 e. The van der Waals surface area contributed by atoms with Gasteiger partial charge in [0.15, 0.2) is 0 Å². The first-order valence-electron chi connectivity index (χ1n) is 8.44. The zero-order chi connectivity index (χ0) is 22.9. The number of hydrogen-bond acceptors (Lipinski definition) is 8. The number of nitro benzene ring substituents is 2. The summed E-state index contributed by atoms with van der Waals surface area (Å²) in [4.78, 5) is 67.9. The number of nitrogens with one attached hydrogen (secondary N) is 3. The van der Waals surface area contributed by atoms with Gasteiger partial charge in [-0.25, -0.2) is 0 Å². The van der Waals surface area contributed by atoms with E-state index in [1.54, 1.807) is 0 Å². The monoisotopic (exact) mass is 531 g/mol. The molecule has 14 nitrogen and oxygen atoms in total. The van der Waals surface area contributed by atoms with Gasteiger partial charge >= 0.3 is 18.7 Å². The molecule has 1 unspecified atom stereocenters. The summed E-state index contributed by atoms with van der Waals surface area (Å²) in [6, 6.07) is 6.75. The first-order valence-corrected chi connectivity index (χ1v) is 10.1. The van der Waals surface area contributed by atoms with Crippen LogP contribution in [-0.4, -0.2) is 29.6 Å². The summed E-state index contributed by atoms with van der Waals surface area (Å²) < 4.78 is 12.0. The average molecular weight is 532 g/mol. The Hall–Kier alpha value is -3.23. The van der Waals surface area contributed by atoms with Crippen molar-refractivity contribution in [3.05, 3.63) is 88.5 Å². The Bertz CT molecular complexity index is 1370. The normalized spacial score (nSPS) is 12.2. The maximum absolute atomic E-state index is 12.0. The maximum atomic E-state index is 12.0. The number of hydrogen-bond donors (Lipinski definition) is 5. The number of aromatic nitrogens is 2. The largest absolute Gasteiger partial charge is 0.346 e. The van der Waals surface area contributed by atoms with Crippen LogP contribution in [0.2, 0.25) is 0 Å². The molecule has 32 heavy (non-hydrogen) atoms. The second-order valence-corrected chi connectivity index (χ2v) is 8.11. The van der Waals surface area contributed by atoms with Crippen LogP contribution in [0, 0.1) is 20.2 Å². The lowest BCUT2D eigenvalue weighted by Crippen LogP contribution is -2.29. The highest BCUT2D eigenvalue weighted by atomic mass is 79.9. The fourth-order valence-corrected chi connectivity index (χ4v) is 3.85. The predicted molar refractivity (Wildman–Crippen MR) is 117 cm³/mol. The molecule has 170 valence electrons. The van der Waals surface area contributed by atoms with Gasteiger partial charge in [0, 0.05) is 30.8 Å². The molecular formula is C16H15BrN5O9P. The lowest BCUT2D eigenvalue weighted by Gasteiger charge is -2.20. The van der Waals surface area contributed by atoms with Crippen molar-refractivity contribution >= 4 is 47.0 Å². The van der Waals surface area contributed by atoms with Gasteiger partial charge in [0.25, 0.3) is 11.4 Å². The number of rotatable bonds is 7. The third-order valence-corrected chi connectivity index (χ3v) is 5.48. The Labute approximate surface area is 187 Å². The summed E-state index contributed by atoms with van der Waals surface area (Å²) >= 11 is 0. The van der Waals surface area contributed by atoms with Gasteiger partial charge in [0.1, 0.15) is 5.78 Å². The van der Waals surface area contributed by atoms with E-state index in [2.05, 4.69) is 15.3 Å². The SMILES string of the molecule is Br.O=c1[nH]c2cc([N+](=O)[O-])cc(CNC(c3cccc([N+](=O)[O-])c3)P(=O)(O)O)c2[nH]c1=O. The highest BCUT2D eigenvalue weighted by Crippen LogP contribution is 2.50. The standard InChI is InChI=1S/C16H14N5O9P.BrH/c22-14-15(23)19-13-9(5-11(21(26)27)6-12(13)18-14)7-17-16(31(28,29)30)8-2-1-3-10(4-8)20(24)25;/h1-6,16-17H,7H2,(H,18,22)(H,19,23)(H2,28,29,30);1H. The van der Waals surface area contributed by atoms with Gasteiger partial charge in [-0.05, 0) is 11.1 Å². The van der Waals surface area contributed by atoms with E-state index in [0.717, 1.165) is 24.3 Å². The third kappa shape index (κ3) is 5.33. The summed E-state index contributed by atoms with van der Waals surface area (Å²) in [5.74, 6) is -1.68. The molecule has 0 amide bonds. The minimum atomic E-state index is -4.89. The van der Waals surface area contributed by atoms with Crippen LogP contribution in [0.4, 0.5) is 11.4 Å². The van der Waals surface area contributed by atoms with Crippen molar-refractivity contribution in [1.82, 2.24) is 15.3 Å². The number of fused-ring (bicyclic) bond motifs is 1. The number of non-ortho nitro benzene ring substituents is 2. The van der Waals surface area contributed by atoms with Crippen LogP contribution in [0.25, 0.3) is 11.0 Å². The number of aromatic amines is 2. The Morgan fingerprint density at radius 2 is 1.62 bits per heavy atom. The van der Waals surface area contributed by atoms with E-state index in [9.17, 15) is 44.2 Å². The fourth-order valence-electron chi connectivity index (χ4n) is 2.97. The second-order valence-electron chi connectivity index (χ2n) is 6.42. The van der Waals surface area contributed by atoms with Crippen LogP contribution < -0.4 is 16.4 Å². The molecule has 1 heterocycles. The van der Waals surface area contributed by atoms with Gasteiger partial charge in [-0.3, -0.25) is 39.7 Å². The molecule has 5 N–H and O–H groups in total. The van der Waals surface area contributed by atoms with Crippen molar-refractivity contribution in [3.8, 4) is 0 Å². The number of H-pyrrole nitrogens is 2. The van der Waals surface area contributed by atoms with Crippen molar-refractivity contribution in [1.29, 1.82) is 0 Å². The van der Waals surface area contributed by atoms with Crippen LogP contribution in [-0.2, 0) is 11.1 Å². The third-order valence-electron chi connectivity index (χ3n) is 4.33. The Morgan fingerprint density at radius 3 is 2.22 bits per heavy atom. The first-order chi connectivity index (χ1) is 14.5. The quantitative estimate of drug-likeness (QED) is 0.128. The molecule has 3 rings (SSSR count). The van der Waals surface area contributed by atoms with Crippen molar-refractivity contribution < 1.29 is 24.2 Å². The molecule has 1 aromatic heterocycles. The van der Waals surface area contributed by atoms with E-state index >= 15 is 0 Å². The zero-order valence-corrected chi connectivity index (χ0v) is 18.4. The molecular weight excluding hydrogens is 517 g/mol. The Kier molecular flexibility index (Phi) is 7.43. The fraction of sp³-hybridized carbons (Fsp3) is 0.125. The van der Waals surface area contributed by atoms with Gasteiger partial charge in [0.2, 0.25) is 0 Å². The van der Waals surface area contributed by atoms with Gasteiger partial charge in [-0.1, -0.05) is 12.1 Å². The van der Waals surface area contributed by atoms with Crippen LogP contribution >= 0.6 is 24.6 Å². The number of nitrogens with zero attached hydrogens (tertiary/aromatic N) is 2. The molecule has 16 heteroatoms. The van der Waals surface area contributed by atoms with Crippen molar-refractivity contribution in [2.75, 3.05) is 0 Å². The van der Waals surface area contributed by atoms with Crippen LogP contribution in [0.5, 0.6) is 0 Å². The molecule has 0 spiro atoms. The molecule has 1 atom stereocenters. The molecule has 0 aliphatic carbocycles. The van der Waals surface area contributed by atoms with E-state index in [0.29, 0.717) is 0 Å². The summed E-state index contributed by atoms with van der Waals surface area (Å²) in [6.07, 6.45) is 0. The zero-order valence-electron chi connectivity index (χ0n) is 15.8. The Balaban J connectivity index is 0.00000363. The lowest BCUT2D eigenvalue weighted by molar-refractivity contribution is -0.385. The molecule has 3 aromatic rings. The number of halogens is 1. The van der Waals surface area contributed by atoms with Crippen molar-refractivity contribution in [2.24, 2.45) is 0 Å². The molecule has 0 aliphatic rings. The smallest absolute Gasteiger partial charge is 0.323 e. The van der Waals surface area contributed by atoms with E-state index in [4.69, 9.17) is 0 Å². The van der Waals surface area contributed by atoms with Crippen molar-refractivity contribution in [2.45, 2.75) is 12.3 Å². The molecule has 0 bridgehead atoms. The summed E-state index contributed by atoms with van der Waals surface area (Å²) in [5, 5.41) is 24.7. The Morgan fingerprint density at radius 1 is 1.00 bits per heavy atom. The summed E-state index contributed by atoms with van der Waals surface area (Å²) in [6.45, 7) is -0.390. The summed E-state index contributed by atoms with van der Waals surface area (Å²) in [5.41, 5.74) is -2.94. The molecule has 0 radical (unpaired) electrons. The molecule has 0 fully saturated rings. The first kappa shape index (κ1) is 25.0. The van der Waals surface area contributed by atoms with E-state index < -0.39 is 46.6 Å². The lowest BCUT2D eigenvalue weighted by atomic mass is 10.1. The predicted octanol–water partition coefficient (Wildman–Crippen LogP) is 1.58. The number of nitro groups is 2. The minimum Gasteiger partial charge on any atom is -0.323 e. The van der Waals surface area contributed by atoms with Crippen LogP contribution in [0.1, 0.15) is 16.9 Å². The molecule has 0 aliphatic heterocycles. The van der Waals surface area contributed by atoms with E-state index in [-0.39, 0.29) is 44.8 Å². The number of benzene rings is 2. The molecule has 0 saturated carbocycles. The average Bonchev–Trinajstić information content (AvgIpc) is 2.68.